The SMILES string of the molecule is Cc1noc(=O)n1CCCC#N. The summed E-state index contributed by atoms with van der Waals surface area (Å²) in [5.41, 5.74) is 0. The first-order chi connectivity index (χ1) is 5.75. The minimum Gasteiger partial charge on any atom is -0.296 e. The standard InChI is InChI=1S/C7H9N3O2/c1-6-9-12-7(11)10(6)5-3-2-4-8/h2-3,5H2,1H3. The van der Waals surface area contributed by atoms with Crippen molar-refractivity contribution in [1.29, 1.82) is 5.26 Å². The molecule has 0 spiro atoms. The van der Waals surface area contributed by atoms with Crippen molar-refractivity contribution in [3.63, 3.8) is 0 Å². The lowest BCUT2D eigenvalue weighted by Crippen LogP contribution is -2.15. The monoisotopic (exact) mass is 167 g/mol. The quantitative estimate of drug-likeness (QED) is 0.612. The molecule has 0 aromatic carbocycles. The summed E-state index contributed by atoms with van der Waals surface area (Å²) in [6, 6.07) is 2.00. The average molecular weight is 167 g/mol. The Morgan fingerprint density at radius 2 is 2.50 bits per heavy atom. The van der Waals surface area contributed by atoms with Crippen LogP contribution in [0.3, 0.4) is 0 Å². The lowest BCUT2D eigenvalue weighted by molar-refractivity contribution is 0.373. The highest BCUT2D eigenvalue weighted by molar-refractivity contribution is 4.79. The number of unbranched alkanes of at least 4 members (excludes halogenated alkanes) is 1. The van der Waals surface area contributed by atoms with E-state index in [0.29, 0.717) is 25.2 Å². The highest BCUT2D eigenvalue weighted by Crippen LogP contribution is 1.94. The van der Waals surface area contributed by atoms with Gasteiger partial charge in [-0.15, -0.1) is 0 Å². The van der Waals surface area contributed by atoms with Gasteiger partial charge in [-0.05, 0) is 13.3 Å². The maximum Gasteiger partial charge on any atom is 0.441 e. The fourth-order valence-electron chi connectivity index (χ4n) is 0.905. The number of nitrogens with zero attached hydrogens (tertiary/aromatic N) is 3. The van der Waals surface area contributed by atoms with Crippen molar-refractivity contribution in [2.45, 2.75) is 26.3 Å². The minimum absolute atomic E-state index is 0.442. The molecule has 0 aliphatic heterocycles. The maximum atomic E-state index is 10.9. The molecule has 0 saturated heterocycles. The summed E-state index contributed by atoms with van der Waals surface area (Å²) in [7, 11) is 0. The van der Waals surface area contributed by atoms with Gasteiger partial charge < -0.3 is 0 Å². The van der Waals surface area contributed by atoms with Crippen LogP contribution < -0.4 is 5.76 Å². The van der Waals surface area contributed by atoms with E-state index in [0.717, 1.165) is 0 Å². The molecule has 0 fully saturated rings. The van der Waals surface area contributed by atoms with E-state index in [1.165, 1.54) is 4.57 Å². The Balaban J connectivity index is 2.63. The zero-order valence-corrected chi connectivity index (χ0v) is 6.78. The van der Waals surface area contributed by atoms with Crippen molar-refractivity contribution in [2.24, 2.45) is 0 Å². The lowest BCUT2D eigenvalue weighted by Gasteiger charge is -1.96. The van der Waals surface area contributed by atoms with Gasteiger partial charge in [0.15, 0.2) is 5.82 Å². The first-order valence-corrected chi connectivity index (χ1v) is 3.66. The van der Waals surface area contributed by atoms with Crippen molar-refractivity contribution in [3.8, 4) is 6.07 Å². The third-order valence-electron chi connectivity index (χ3n) is 1.54. The molecule has 0 unspecified atom stereocenters. The minimum atomic E-state index is -0.453. The van der Waals surface area contributed by atoms with E-state index < -0.39 is 5.76 Å². The fourth-order valence-corrected chi connectivity index (χ4v) is 0.905. The van der Waals surface area contributed by atoms with Crippen molar-refractivity contribution in [2.75, 3.05) is 0 Å². The van der Waals surface area contributed by atoms with Crippen molar-refractivity contribution in [1.82, 2.24) is 9.72 Å². The first kappa shape index (κ1) is 8.53. The number of aromatic nitrogens is 2. The first-order valence-electron chi connectivity index (χ1n) is 3.66. The largest absolute Gasteiger partial charge is 0.441 e. The van der Waals surface area contributed by atoms with E-state index in [1.54, 1.807) is 6.92 Å². The van der Waals surface area contributed by atoms with Crippen LogP contribution in [0.4, 0.5) is 0 Å². The number of rotatable bonds is 3. The van der Waals surface area contributed by atoms with Gasteiger partial charge >= 0.3 is 5.76 Å². The molecular formula is C7H9N3O2. The summed E-state index contributed by atoms with van der Waals surface area (Å²) in [6.45, 7) is 2.19. The summed E-state index contributed by atoms with van der Waals surface area (Å²) >= 11 is 0. The Morgan fingerprint density at radius 1 is 1.75 bits per heavy atom. The number of hydrogen-bond donors (Lipinski definition) is 0. The molecule has 0 aliphatic rings. The third kappa shape index (κ3) is 1.72. The van der Waals surface area contributed by atoms with Gasteiger partial charge in [-0.1, -0.05) is 5.16 Å². The smallest absolute Gasteiger partial charge is 0.296 e. The molecule has 1 aromatic heterocycles. The summed E-state index contributed by atoms with van der Waals surface area (Å²) in [4.78, 5) is 10.9. The Labute approximate surface area is 69.2 Å². The molecule has 64 valence electrons. The second-order valence-corrected chi connectivity index (χ2v) is 2.41. The van der Waals surface area contributed by atoms with Crippen molar-refractivity contribution < 1.29 is 4.52 Å². The van der Waals surface area contributed by atoms with Gasteiger partial charge in [0.2, 0.25) is 0 Å². The molecular weight excluding hydrogens is 158 g/mol. The molecule has 12 heavy (non-hydrogen) atoms. The van der Waals surface area contributed by atoms with Gasteiger partial charge in [-0.2, -0.15) is 5.26 Å². The van der Waals surface area contributed by atoms with E-state index in [-0.39, 0.29) is 0 Å². The molecule has 0 atom stereocenters. The fraction of sp³-hybridized carbons (Fsp3) is 0.571. The van der Waals surface area contributed by atoms with Gasteiger partial charge in [-0.3, -0.25) is 9.09 Å². The van der Waals surface area contributed by atoms with Gasteiger partial charge in [0.25, 0.3) is 0 Å². The van der Waals surface area contributed by atoms with E-state index in [9.17, 15) is 4.79 Å². The summed E-state index contributed by atoms with van der Waals surface area (Å²) < 4.78 is 5.81. The predicted octanol–water partition coefficient (Wildman–Crippen LogP) is 0.449. The zero-order chi connectivity index (χ0) is 8.97. The van der Waals surface area contributed by atoms with Crippen LogP contribution in [0.15, 0.2) is 9.32 Å². The number of hydrogen-bond acceptors (Lipinski definition) is 4. The van der Waals surface area contributed by atoms with Crippen LogP contribution >= 0.6 is 0 Å². The predicted molar refractivity (Wildman–Crippen MR) is 40.3 cm³/mol. The molecule has 0 amide bonds. The topological polar surface area (TPSA) is 71.8 Å². The Hall–Kier alpha value is -1.57. The van der Waals surface area contributed by atoms with E-state index in [1.807, 2.05) is 6.07 Å². The second-order valence-electron chi connectivity index (χ2n) is 2.41. The normalized spacial score (nSPS) is 9.67. The summed E-state index contributed by atoms with van der Waals surface area (Å²) in [6.07, 6.45) is 1.09. The lowest BCUT2D eigenvalue weighted by atomic mass is 10.3. The molecule has 0 radical (unpaired) electrons. The molecule has 0 bridgehead atoms. The maximum absolute atomic E-state index is 10.9. The number of nitriles is 1. The van der Waals surface area contributed by atoms with E-state index in [4.69, 9.17) is 5.26 Å². The van der Waals surface area contributed by atoms with Crippen LogP contribution in [0.1, 0.15) is 18.7 Å². The molecule has 1 heterocycles. The summed E-state index contributed by atoms with van der Waals surface area (Å²) in [5, 5.41) is 11.7. The van der Waals surface area contributed by atoms with Gasteiger partial charge in [0.05, 0.1) is 6.07 Å². The molecule has 1 aromatic rings. The second kappa shape index (κ2) is 3.72. The van der Waals surface area contributed by atoms with Crippen LogP contribution in [0, 0.1) is 18.3 Å². The Bertz CT molecular complexity index is 344. The average Bonchev–Trinajstić information content (AvgIpc) is 2.35. The third-order valence-corrected chi connectivity index (χ3v) is 1.54. The zero-order valence-electron chi connectivity index (χ0n) is 6.78. The van der Waals surface area contributed by atoms with E-state index >= 15 is 0 Å². The van der Waals surface area contributed by atoms with Gasteiger partial charge in [0, 0.05) is 13.0 Å². The molecule has 0 saturated carbocycles. The van der Waals surface area contributed by atoms with Gasteiger partial charge in [0.1, 0.15) is 0 Å². The molecule has 5 heteroatoms. The highest BCUT2D eigenvalue weighted by Gasteiger charge is 2.03. The Morgan fingerprint density at radius 3 is 3.00 bits per heavy atom. The highest BCUT2D eigenvalue weighted by atomic mass is 16.5. The molecule has 1 rings (SSSR count). The van der Waals surface area contributed by atoms with Crippen LogP contribution in [0.5, 0.6) is 0 Å². The van der Waals surface area contributed by atoms with Crippen molar-refractivity contribution in [3.05, 3.63) is 16.4 Å². The van der Waals surface area contributed by atoms with E-state index in [2.05, 4.69) is 9.68 Å². The van der Waals surface area contributed by atoms with Crippen LogP contribution in [0.2, 0.25) is 0 Å². The molecule has 0 aliphatic carbocycles. The van der Waals surface area contributed by atoms with Crippen LogP contribution in [0.25, 0.3) is 0 Å². The Kier molecular flexibility index (Phi) is 2.64. The molecule has 5 nitrogen and oxygen atoms in total. The van der Waals surface area contributed by atoms with Crippen LogP contribution in [-0.2, 0) is 6.54 Å². The van der Waals surface area contributed by atoms with Gasteiger partial charge in [-0.25, -0.2) is 4.79 Å². The van der Waals surface area contributed by atoms with Crippen molar-refractivity contribution >= 4 is 0 Å². The number of aryl methyl sites for hydroxylation is 1. The molecule has 0 N–H and O–H groups in total. The van der Waals surface area contributed by atoms with Crippen LogP contribution in [-0.4, -0.2) is 9.72 Å². The summed E-state index contributed by atoms with van der Waals surface area (Å²) in [5.74, 6) is 0.100.